The van der Waals surface area contributed by atoms with Gasteiger partial charge in [-0.25, -0.2) is 4.98 Å². The number of rotatable bonds is 3. The second-order valence-corrected chi connectivity index (χ2v) is 7.43. The summed E-state index contributed by atoms with van der Waals surface area (Å²) in [4.78, 5) is 19.6. The maximum atomic E-state index is 12.7. The van der Waals surface area contributed by atoms with Crippen molar-refractivity contribution < 1.29 is 14.3 Å². The quantitative estimate of drug-likeness (QED) is 0.859. The molecule has 126 valence electrons. The zero-order valence-corrected chi connectivity index (χ0v) is 14.4. The summed E-state index contributed by atoms with van der Waals surface area (Å²) in [5.74, 6) is 0.750. The lowest BCUT2D eigenvalue weighted by atomic mass is 9.98. The maximum absolute atomic E-state index is 12.7. The Bertz CT molecular complexity index is 733. The van der Waals surface area contributed by atoms with E-state index in [0.29, 0.717) is 19.0 Å². The number of hydrogen-bond acceptors (Lipinski definition) is 5. The Labute approximate surface area is 145 Å². The minimum atomic E-state index is -0.264. The molecule has 2 saturated heterocycles. The maximum Gasteiger partial charge on any atom is 0.264 e. The van der Waals surface area contributed by atoms with Gasteiger partial charge in [0.25, 0.3) is 5.91 Å². The SMILES string of the molecule is Cc1ccsc1C(=O)N1CC[C@]2(C[C@@H](Oc3ccccn3)CO2)C1. The third kappa shape index (κ3) is 2.91. The lowest BCUT2D eigenvalue weighted by Gasteiger charge is -2.23. The van der Waals surface area contributed by atoms with Crippen LogP contribution in [-0.2, 0) is 4.74 Å². The van der Waals surface area contributed by atoms with Crippen molar-refractivity contribution in [1.82, 2.24) is 9.88 Å². The van der Waals surface area contributed by atoms with Crippen LogP contribution in [0.1, 0.15) is 28.1 Å². The molecule has 0 aromatic carbocycles. The number of aromatic nitrogens is 1. The van der Waals surface area contributed by atoms with Gasteiger partial charge in [0.15, 0.2) is 0 Å². The number of amides is 1. The van der Waals surface area contributed by atoms with E-state index < -0.39 is 0 Å². The summed E-state index contributed by atoms with van der Waals surface area (Å²) in [6.45, 7) is 3.92. The van der Waals surface area contributed by atoms with Crippen molar-refractivity contribution >= 4 is 17.2 Å². The van der Waals surface area contributed by atoms with Gasteiger partial charge >= 0.3 is 0 Å². The van der Waals surface area contributed by atoms with Crippen molar-refractivity contribution in [1.29, 1.82) is 0 Å². The number of thiophene rings is 1. The van der Waals surface area contributed by atoms with Crippen LogP contribution < -0.4 is 4.74 Å². The van der Waals surface area contributed by atoms with Gasteiger partial charge in [0.1, 0.15) is 6.10 Å². The van der Waals surface area contributed by atoms with E-state index in [9.17, 15) is 4.79 Å². The smallest absolute Gasteiger partial charge is 0.264 e. The summed E-state index contributed by atoms with van der Waals surface area (Å²) in [6.07, 6.45) is 3.39. The monoisotopic (exact) mass is 344 g/mol. The highest BCUT2D eigenvalue weighted by Gasteiger charge is 2.47. The van der Waals surface area contributed by atoms with Crippen LogP contribution in [0, 0.1) is 6.92 Å². The number of ether oxygens (including phenoxy) is 2. The molecule has 2 atom stereocenters. The molecule has 2 aliphatic rings. The zero-order chi connectivity index (χ0) is 16.6. The molecule has 2 aromatic rings. The van der Waals surface area contributed by atoms with Crippen molar-refractivity contribution in [3.05, 3.63) is 46.3 Å². The molecule has 2 fully saturated rings. The predicted molar refractivity (Wildman–Crippen MR) is 91.5 cm³/mol. The van der Waals surface area contributed by atoms with E-state index in [2.05, 4.69) is 4.98 Å². The Kier molecular flexibility index (Phi) is 4.02. The number of carbonyl (C=O) groups excluding carboxylic acids is 1. The highest BCUT2D eigenvalue weighted by molar-refractivity contribution is 7.12. The molecule has 0 saturated carbocycles. The van der Waals surface area contributed by atoms with Gasteiger partial charge in [-0.2, -0.15) is 0 Å². The number of nitrogens with zero attached hydrogens (tertiary/aromatic N) is 2. The van der Waals surface area contributed by atoms with E-state index in [0.717, 1.165) is 29.8 Å². The van der Waals surface area contributed by atoms with Crippen LogP contribution in [-0.4, -0.2) is 47.2 Å². The van der Waals surface area contributed by atoms with E-state index in [1.54, 1.807) is 6.20 Å². The fourth-order valence-corrected chi connectivity index (χ4v) is 4.40. The second kappa shape index (κ2) is 6.18. The highest BCUT2D eigenvalue weighted by atomic mass is 32.1. The Morgan fingerprint density at radius 1 is 1.46 bits per heavy atom. The number of hydrogen-bond donors (Lipinski definition) is 0. The average molecular weight is 344 g/mol. The summed E-state index contributed by atoms with van der Waals surface area (Å²) in [5.41, 5.74) is 0.787. The minimum Gasteiger partial charge on any atom is -0.472 e. The summed E-state index contributed by atoms with van der Waals surface area (Å²) >= 11 is 1.51. The fourth-order valence-electron chi connectivity index (χ4n) is 3.50. The molecule has 5 nitrogen and oxygen atoms in total. The third-order valence-electron chi connectivity index (χ3n) is 4.76. The molecule has 2 aromatic heterocycles. The number of carbonyl (C=O) groups is 1. The number of likely N-dealkylation sites (tertiary alicyclic amines) is 1. The van der Waals surface area contributed by atoms with Gasteiger partial charge in [0, 0.05) is 25.2 Å². The summed E-state index contributed by atoms with van der Waals surface area (Å²) in [7, 11) is 0. The van der Waals surface area contributed by atoms with Crippen molar-refractivity contribution in [2.75, 3.05) is 19.7 Å². The Morgan fingerprint density at radius 2 is 2.38 bits per heavy atom. The highest BCUT2D eigenvalue weighted by Crippen LogP contribution is 2.37. The summed E-state index contributed by atoms with van der Waals surface area (Å²) < 4.78 is 12.0. The van der Waals surface area contributed by atoms with E-state index in [4.69, 9.17) is 9.47 Å². The van der Waals surface area contributed by atoms with Gasteiger partial charge in [-0.15, -0.1) is 11.3 Å². The molecule has 6 heteroatoms. The van der Waals surface area contributed by atoms with E-state index in [1.807, 2.05) is 41.5 Å². The van der Waals surface area contributed by atoms with Gasteiger partial charge in [-0.05, 0) is 36.4 Å². The van der Waals surface area contributed by atoms with Crippen LogP contribution in [0.15, 0.2) is 35.8 Å². The average Bonchev–Trinajstić information content (AvgIpc) is 3.30. The molecule has 0 radical (unpaired) electrons. The van der Waals surface area contributed by atoms with Crippen LogP contribution in [0.5, 0.6) is 5.88 Å². The second-order valence-electron chi connectivity index (χ2n) is 6.52. The van der Waals surface area contributed by atoms with Crippen molar-refractivity contribution in [2.45, 2.75) is 31.5 Å². The molecule has 24 heavy (non-hydrogen) atoms. The molecule has 1 amide bonds. The minimum absolute atomic E-state index is 0.00146. The lowest BCUT2D eigenvalue weighted by molar-refractivity contribution is 0.00989. The van der Waals surface area contributed by atoms with Gasteiger partial charge < -0.3 is 14.4 Å². The fraction of sp³-hybridized carbons (Fsp3) is 0.444. The molecule has 2 aliphatic heterocycles. The molecule has 0 N–H and O–H groups in total. The van der Waals surface area contributed by atoms with Gasteiger partial charge in [0.2, 0.25) is 5.88 Å². The first-order chi connectivity index (χ1) is 11.7. The van der Waals surface area contributed by atoms with Crippen LogP contribution >= 0.6 is 11.3 Å². The van der Waals surface area contributed by atoms with E-state index >= 15 is 0 Å². The first-order valence-electron chi connectivity index (χ1n) is 8.20. The van der Waals surface area contributed by atoms with Crippen LogP contribution in [0.4, 0.5) is 0 Å². The molecule has 0 unspecified atom stereocenters. The van der Waals surface area contributed by atoms with Crippen molar-refractivity contribution in [3.63, 3.8) is 0 Å². The van der Waals surface area contributed by atoms with Gasteiger partial charge in [0.05, 0.1) is 23.6 Å². The summed E-state index contributed by atoms with van der Waals surface area (Å²) in [5, 5.41) is 1.97. The largest absolute Gasteiger partial charge is 0.472 e. The van der Waals surface area contributed by atoms with Crippen LogP contribution in [0.25, 0.3) is 0 Å². The molecule has 0 aliphatic carbocycles. The number of aryl methyl sites for hydroxylation is 1. The number of pyridine rings is 1. The topological polar surface area (TPSA) is 51.7 Å². The molecule has 1 spiro atoms. The van der Waals surface area contributed by atoms with Crippen LogP contribution in [0.3, 0.4) is 0 Å². The molecular weight excluding hydrogens is 324 g/mol. The van der Waals surface area contributed by atoms with Gasteiger partial charge in [-0.1, -0.05) is 6.07 Å². The normalized spacial score (nSPS) is 26.2. The van der Waals surface area contributed by atoms with E-state index in [-0.39, 0.29) is 17.6 Å². The van der Waals surface area contributed by atoms with Crippen LogP contribution in [0.2, 0.25) is 0 Å². The Morgan fingerprint density at radius 3 is 3.12 bits per heavy atom. The zero-order valence-electron chi connectivity index (χ0n) is 13.6. The Balaban J connectivity index is 1.40. The molecular formula is C18H20N2O3S. The molecule has 4 rings (SSSR count). The lowest BCUT2D eigenvalue weighted by Crippen LogP contribution is -2.36. The first kappa shape index (κ1) is 15.6. The van der Waals surface area contributed by atoms with Crippen molar-refractivity contribution in [3.8, 4) is 5.88 Å². The Hall–Kier alpha value is -1.92. The molecule has 0 bridgehead atoms. The predicted octanol–water partition coefficient (Wildman–Crippen LogP) is 2.90. The van der Waals surface area contributed by atoms with E-state index in [1.165, 1.54) is 11.3 Å². The first-order valence-corrected chi connectivity index (χ1v) is 9.08. The summed E-state index contributed by atoms with van der Waals surface area (Å²) in [6, 6.07) is 7.63. The third-order valence-corrected chi connectivity index (χ3v) is 5.76. The standard InChI is InChI=1S/C18H20N2O3S/c1-13-5-9-24-16(13)17(21)20-8-6-18(12-20)10-14(11-22-18)23-15-4-2-3-7-19-15/h2-5,7,9,14H,6,8,10-12H2,1H3/t14-,18+/m1/s1. The molecule has 4 heterocycles. The van der Waals surface area contributed by atoms with Crippen molar-refractivity contribution in [2.24, 2.45) is 0 Å². The van der Waals surface area contributed by atoms with Gasteiger partial charge in [-0.3, -0.25) is 4.79 Å².